The fourth-order valence-corrected chi connectivity index (χ4v) is 2.13. The lowest BCUT2D eigenvalue weighted by Crippen LogP contribution is -2.24. The average molecular weight is 276 g/mol. The van der Waals surface area contributed by atoms with Crippen molar-refractivity contribution in [1.82, 2.24) is 10.3 Å². The minimum Gasteiger partial charge on any atom is -0.308 e. The predicted octanol–water partition coefficient (Wildman–Crippen LogP) is 3.64. The van der Waals surface area contributed by atoms with Gasteiger partial charge in [-0.3, -0.25) is 4.98 Å². The van der Waals surface area contributed by atoms with Crippen LogP contribution in [0.5, 0.6) is 0 Å². The highest BCUT2D eigenvalue weighted by molar-refractivity contribution is 5.17. The van der Waals surface area contributed by atoms with Gasteiger partial charge < -0.3 is 5.32 Å². The fraction of sp³-hybridized carbons (Fsp3) is 0.312. The largest absolute Gasteiger partial charge is 0.308 e. The van der Waals surface area contributed by atoms with Crippen LogP contribution in [0, 0.1) is 11.6 Å². The molecule has 2 aromatic rings. The summed E-state index contributed by atoms with van der Waals surface area (Å²) in [5.74, 6) is -0.543. The maximum atomic E-state index is 13.1. The first kappa shape index (κ1) is 14.6. The van der Waals surface area contributed by atoms with Gasteiger partial charge >= 0.3 is 0 Å². The van der Waals surface area contributed by atoms with E-state index in [2.05, 4.69) is 10.3 Å². The van der Waals surface area contributed by atoms with E-state index < -0.39 is 0 Å². The number of halogens is 2. The minimum absolute atomic E-state index is 0.0872. The van der Waals surface area contributed by atoms with E-state index in [1.54, 1.807) is 18.2 Å². The van der Waals surface area contributed by atoms with Crippen molar-refractivity contribution in [1.29, 1.82) is 0 Å². The van der Waals surface area contributed by atoms with Crippen LogP contribution >= 0.6 is 0 Å². The van der Waals surface area contributed by atoms with Gasteiger partial charge in [-0.1, -0.05) is 19.1 Å². The van der Waals surface area contributed by atoms with E-state index >= 15 is 0 Å². The molecule has 2 rings (SSSR count). The molecule has 1 unspecified atom stereocenters. The molecule has 1 aromatic carbocycles. The summed E-state index contributed by atoms with van der Waals surface area (Å²) in [6, 6.07) is 9.79. The second kappa shape index (κ2) is 7.10. The summed E-state index contributed by atoms with van der Waals surface area (Å²) in [6.45, 7) is 2.77. The summed E-state index contributed by atoms with van der Waals surface area (Å²) in [5.41, 5.74) is 1.78. The molecule has 0 fully saturated rings. The van der Waals surface area contributed by atoms with Crippen LogP contribution < -0.4 is 5.32 Å². The van der Waals surface area contributed by atoms with Crippen molar-refractivity contribution in [2.75, 3.05) is 6.54 Å². The highest BCUT2D eigenvalue weighted by Gasteiger charge is 2.09. The zero-order valence-corrected chi connectivity index (χ0v) is 11.4. The Kier molecular flexibility index (Phi) is 5.18. The molecule has 0 bridgehead atoms. The molecule has 20 heavy (non-hydrogen) atoms. The van der Waals surface area contributed by atoms with Gasteiger partial charge in [0.15, 0.2) is 0 Å². The number of rotatable bonds is 6. The monoisotopic (exact) mass is 276 g/mol. The van der Waals surface area contributed by atoms with E-state index in [0.29, 0.717) is 0 Å². The number of hydrogen-bond donors (Lipinski definition) is 1. The van der Waals surface area contributed by atoms with Crippen LogP contribution in [0.2, 0.25) is 0 Å². The van der Waals surface area contributed by atoms with E-state index in [1.807, 2.05) is 13.0 Å². The third kappa shape index (κ3) is 4.10. The van der Waals surface area contributed by atoms with Gasteiger partial charge in [0.05, 0.1) is 11.9 Å². The number of pyridine rings is 1. The van der Waals surface area contributed by atoms with Gasteiger partial charge in [-0.15, -0.1) is 0 Å². The highest BCUT2D eigenvalue weighted by Crippen LogP contribution is 2.14. The molecule has 0 aliphatic heterocycles. The Morgan fingerprint density at radius 3 is 2.65 bits per heavy atom. The molecule has 0 amide bonds. The first-order valence-corrected chi connectivity index (χ1v) is 6.78. The first-order valence-electron chi connectivity index (χ1n) is 6.78. The van der Waals surface area contributed by atoms with E-state index in [4.69, 9.17) is 0 Å². The van der Waals surface area contributed by atoms with Crippen LogP contribution in [-0.2, 0) is 6.42 Å². The van der Waals surface area contributed by atoms with E-state index in [1.165, 1.54) is 18.3 Å². The summed E-state index contributed by atoms with van der Waals surface area (Å²) in [5, 5.41) is 3.37. The number of benzene rings is 1. The highest BCUT2D eigenvalue weighted by atomic mass is 19.1. The molecule has 1 aromatic heterocycles. The number of aromatic nitrogens is 1. The van der Waals surface area contributed by atoms with Crippen LogP contribution in [-0.4, -0.2) is 11.5 Å². The van der Waals surface area contributed by atoms with Crippen LogP contribution in [0.25, 0.3) is 0 Å². The number of nitrogens with one attached hydrogen (secondary N) is 1. The van der Waals surface area contributed by atoms with Gasteiger partial charge in [0.25, 0.3) is 0 Å². The summed E-state index contributed by atoms with van der Waals surface area (Å²) in [4.78, 5) is 4.09. The lowest BCUT2D eigenvalue weighted by atomic mass is 10.1. The zero-order chi connectivity index (χ0) is 14.4. The summed E-state index contributed by atoms with van der Waals surface area (Å²) >= 11 is 0. The van der Waals surface area contributed by atoms with Crippen molar-refractivity contribution in [3.05, 3.63) is 65.5 Å². The SMILES string of the molecule is CCC(NCCc1cccc(F)c1)c1ccc(F)cn1. The fourth-order valence-electron chi connectivity index (χ4n) is 2.13. The Bertz CT molecular complexity index is 540. The van der Waals surface area contributed by atoms with E-state index in [9.17, 15) is 8.78 Å². The van der Waals surface area contributed by atoms with Gasteiger partial charge in [0.2, 0.25) is 0 Å². The lowest BCUT2D eigenvalue weighted by Gasteiger charge is -2.16. The number of hydrogen-bond acceptors (Lipinski definition) is 2. The number of nitrogens with zero attached hydrogens (tertiary/aromatic N) is 1. The topological polar surface area (TPSA) is 24.9 Å². The standard InChI is InChI=1S/C16H18F2N2/c1-2-15(16-7-6-14(18)11-20-16)19-9-8-12-4-3-5-13(17)10-12/h3-7,10-11,15,19H,2,8-9H2,1H3. The zero-order valence-electron chi connectivity index (χ0n) is 11.4. The van der Waals surface area contributed by atoms with Gasteiger partial charge in [0.1, 0.15) is 11.6 Å². The van der Waals surface area contributed by atoms with Crippen molar-refractivity contribution in [2.24, 2.45) is 0 Å². The van der Waals surface area contributed by atoms with Crippen molar-refractivity contribution in [3.8, 4) is 0 Å². The van der Waals surface area contributed by atoms with Gasteiger partial charge in [-0.25, -0.2) is 8.78 Å². The summed E-state index contributed by atoms with van der Waals surface area (Å²) in [7, 11) is 0. The predicted molar refractivity (Wildman–Crippen MR) is 75.3 cm³/mol. The third-order valence-corrected chi connectivity index (χ3v) is 3.21. The van der Waals surface area contributed by atoms with Crippen LogP contribution in [0.15, 0.2) is 42.6 Å². The Balaban J connectivity index is 1.89. The van der Waals surface area contributed by atoms with Crippen molar-refractivity contribution < 1.29 is 8.78 Å². The smallest absolute Gasteiger partial charge is 0.141 e. The normalized spacial score (nSPS) is 12.3. The third-order valence-electron chi connectivity index (χ3n) is 3.21. The molecular weight excluding hydrogens is 258 g/mol. The van der Waals surface area contributed by atoms with Crippen molar-refractivity contribution >= 4 is 0 Å². The van der Waals surface area contributed by atoms with Gasteiger partial charge in [0, 0.05) is 6.04 Å². The molecule has 0 radical (unpaired) electrons. The second-order valence-electron chi connectivity index (χ2n) is 4.70. The molecule has 106 valence electrons. The van der Waals surface area contributed by atoms with Crippen molar-refractivity contribution in [2.45, 2.75) is 25.8 Å². The van der Waals surface area contributed by atoms with E-state index in [0.717, 1.165) is 30.6 Å². The Morgan fingerprint density at radius 2 is 2.00 bits per heavy atom. The molecule has 1 heterocycles. The summed E-state index contributed by atoms with van der Waals surface area (Å²) < 4.78 is 25.9. The molecule has 1 N–H and O–H groups in total. The molecule has 0 saturated heterocycles. The molecule has 2 nitrogen and oxygen atoms in total. The van der Waals surface area contributed by atoms with Gasteiger partial charge in [-0.2, -0.15) is 0 Å². The Labute approximate surface area is 117 Å². The Morgan fingerprint density at radius 1 is 1.15 bits per heavy atom. The van der Waals surface area contributed by atoms with Crippen LogP contribution in [0.4, 0.5) is 8.78 Å². The average Bonchev–Trinajstić information content (AvgIpc) is 2.45. The quantitative estimate of drug-likeness (QED) is 0.871. The van der Waals surface area contributed by atoms with Crippen LogP contribution in [0.1, 0.15) is 30.6 Å². The Hall–Kier alpha value is -1.81. The van der Waals surface area contributed by atoms with E-state index in [-0.39, 0.29) is 17.7 Å². The minimum atomic E-state index is -0.330. The maximum absolute atomic E-state index is 13.1. The molecule has 4 heteroatoms. The molecule has 1 atom stereocenters. The summed E-state index contributed by atoms with van der Waals surface area (Å²) in [6.07, 6.45) is 2.84. The maximum Gasteiger partial charge on any atom is 0.141 e. The van der Waals surface area contributed by atoms with Gasteiger partial charge in [-0.05, 0) is 49.2 Å². The first-order chi connectivity index (χ1) is 9.69. The molecule has 0 aliphatic carbocycles. The van der Waals surface area contributed by atoms with Crippen molar-refractivity contribution in [3.63, 3.8) is 0 Å². The molecule has 0 aliphatic rings. The molecule has 0 saturated carbocycles. The lowest BCUT2D eigenvalue weighted by molar-refractivity contribution is 0.507. The molecular formula is C16H18F2N2. The molecule has 0 spiro atoms. The second-order valence-corrected chi connectivity index (χ2v) is 4.70. The van der Waals surface area contributed by atoms with Crippen LogP contribution in [0.3, 0.4) is 0 Å².